The molecule has 2 aromatic rings. The summed E-state index contributed by atoms with van der Waals surface area (Å²) >= 11 is 0. The average molecular weight is 435 g/mol. The molecule has 3 N–H and O–H groups in total. The number of aliphatic hydroxyl groups excluding tert-OH is 1. The van der Waals surface area contributed by atoms with E-state index in [4.69, 9.17) is 9.84 Å². The van der Waals surface area contributed by atoms with Gasteiger partial charge in [0.2, 0.25) is 5.90 Å². The van der Waals surface area contributed by atoms with E-state index in [1.807, 2.05) is 43.3 Å². The number of hydrogen-bond donors (Lipinski definition) is 3. The van der Waals surface area contributed by atoms with Crippen LogP contribution < -0.4 is 5.32 Å². The minimum Gasteiger partial charge on any atom is -0.505 e. The first-order valence-electron chi connectivity index (χ1n) is 10.2. The molecule has 8 heteroatoms. The third kappa shape index (κ3) is 4.49. The Balaban J connectivity index is 2.27. The lowest BCUT2D eigenvalue weighted by atomic mass is 9.89. The van der Waals surface area contributed by atoms with Gasteiger partial charge in [-0.05, 0) is 25.0 Å². The zero-order valence-corrected chi connectivity index (χ0v) is 18.1. The summed E-state index contributed by atoms with van der Waals surface area (Å²) in [5.74, 6) is -2.00. The number of rotatable bonds is 6. The van der Waals surface area contributed by atoms with Crippen LogP contribution in [0.4, 0.5) is 0 Å². The Morgan fingerprint density at radius 3 is 2.44 bits per heavy atom. The molecule has 0 bridgehead atoms. The van der Waals surface area contributed by atoms with E-state index in [0.717, 1.165) is 11.1 Å². The minimum absolute atomic E-state index is 0.184. The maximum Gasteiger partial charge on any atom is 0.322 e. The van der Waals surface area contributed by atoms with Gasteiger partial charge in [0.05, 0.1) is 12.3 Å². The zero-order chi connectivity index (χ0) is 23.3. The fraction of sp³-hybridized carbons (Fsp3) is 0.208. The number of nitrogens with one attached hydrogen (secondary N) is 1. The van der Waals surface area contributed by atoms with Crippen LogP contribution in [0.2, 0.25) is 0 Å². The Hall–Kier alpha value is -4.07. The number of carbonyl (C=O) groups excluding carboxylic acids is 1. The number of fused-ring (bicyclic) bond motifs is 1. The van der Waals surface area contributed by atoms with Gasteiger partial charge in [0.25, 0.3) is 5.91 Å². The second-order valence-electron chi connectivity index (χ2n) is 6.91. The summed E-state index contributed by atoms with van der Waals surface area (Å²) < 4.78 is 5.45. The number of hydrazone groups is 1. The summed E-state index contributed by atoms with van der Waals surface area (Å²) in [4.78, 5) is 23.9. The third-order valence-electron chi connectivity index (χ3n) is 4.81. The molecule has 8 nitrogen and oxygen atoms in total. The van der Waals surface area contributed by atoms with Gasteiger partial charge < -0.3 is 20.3 Å². The standard InChI is InChI=1S/C24H25N3O5/c1-4-19-21-17(16-10-7-6-8-11-16)12-9-13-18(21)23(30)22(24(31)25-14-20(28)29)27(19)26-15(3)32-5-2/h4,6-13,30H,5,14H2,1-3H3,(H,25,31)(H,28,29)/b19-4+,26-15+. The fourth-order valence-corrected chi connectivity index (χ4v) is 3.53. The van der Waals surface area contributed by atoms with E-state index >= 15 is 0 Å². The van der Waals surface area contributed by atoms with Crippen LogP contribution in [-0.2, 0) is 14.3 Å². The maximum atomic E-state index is 12.9. The van der Waals surface area contributed by atoms with Crippen LogP contribution in [0.3, 0.4) is 0 Å². The van der Waals surface area contributed by atoms with Crippen molar-refractivity contribution in [3.05, 3.63) is 71.4 Å². The van der Waals surface area contributed by atoms with Crippen molar-refractivity contribution in [2.75, 3.05) is 13.2 Å². The molecule has 1 aliphatic rings. The number of ether oxygens (including phenoxy) is 1. The first-order valence-corrected chi connectivity index (χ1v) is 10.2. The molecule has 32 heavy (non-hydrogen) atoms. The lowest BCUT2D eigenvalue weighted by molar-refractivity contribution is -0.137. The van der Waals surface area contributed by atoms with Gasteiger partial charge in [-0.1, -0.05) is 54.6 Å². The molecular weight excluding hydrogens is 410 g/mol. The van der Waals surface area contributed by atoms with E-state index < -0.39 is 18.4 Å². The van der Waals surface area contributed by atoms with Crippen LogP contribution >= 0.6 is 0 Å². The Kier molecular flexibility index (Phi) is 6.94. The molecule has 3 rings (SSSR count). The SMILES string of the molecule is C/C=C1\c2c(cccc2-c2ccccc2)C(O)=C(C(=O)NCC(=O)O)N1/N=C(\C)OCC. The summed E-state index contributed by atoms with van der Waals surface area (Å²) in [5, 5.41) is 28.1. The van der Waals surface area contributed by atoms with Crippen molar-refractivity contribution in [2.45, 2.75) is 20.8 Å². The van der Waals surface area contributed by atoms with Crippen LogP contribution in [0.15, 0.2) is 65.4 Å². The predicted octanol–water partition coefficient (Wildman–Crippen LogP) is 3.83. The number of hydrogen-bond acceptors (Lipinski definition) is 6. The van der Waals surface area contributed by atoms with Crippen molar-refractivity contribution in [3.8, 4) is 11.1 Å². The normalized spacial score (nSPS) is 14.9. The number of nitrogens with zero attached hydrogens (tertiary/aromatic N) is 2. The molecule has 1 amide bonds. The number of aliphatic carboxylic acids is 1. The second-order valence-corrected chi connectivity index (χ2v) is 6.91. The van der Waals surface area contributed by atoms with Crippen molar-refractivity contribution in [3.63, 3.8) is 0 Å². The molecule has 0 radical (unpaired) electrons. The highest BCUT2D eigenvalue weighted by molar-refractivity contribution is 6.06. The van der Waals surface area contributed by atoms with Gasteiger partial charge in [0, 0.05) is 18.1 Å². The molecule has 0 fully saturated rings. The highest BCUT2D eigenvalue weighted by Gasteiger charge is 2.35. The molecule has 0 saturated carbocycles. The molecule has 1 heterocycles. The van der Waals surface area contributed by atoms with Crippen molar-refractivity contribution in [2.24, 2.45) is 5.10 Å². The highest BCUT2D eigenvalue weighted by Crippen LogP contribution is 2.42. The van der Waals surface area contributed by atoms with E-state index in [9.17, 15) is 14.7 Å². The van der Waals surface area contributed by atoms with Gasteiger partial charge in [0.1, 0.15) is 6.54 Å². The predicted molar refractivity (Wildman–Crippen MR) is 122 cm³/mol. The molecule has 0 atom stereocenters. The van der Waals surface area contributed by atoms with Crippen LogP contribution in [-0.4, -0.2) is 46.1 Å². The minimum atomic E-state index is -1.20. The summed E-state index contributed by atoms with van der Waals surface area (Å²) in [6.07, 6.45) is 1.78. The monoisotopic (exact) mass is 435 g/mol. The highest BCUT2D eigenvalue weighted by atomic mass is 16.5. The van der Waals surface area contributed by atoms with Crippen LogP contribution in [0.1, 0.15) is 31.9 Å². The molecular formula is C24H25N3O5. The molecule has 0 unspecified atom stereocenters. The molecule has 0 aromatic heterocycles. The van der Waals surface area contributed by atoms with Crippen molar-refractivity contribution in [1.82, 2.24) is 10.3 Å². The van der Waals surface area contributed by atoms with E-state index in [-0.39, 0.29) is 17.4 Å². The quantitative estimate of drug-likeness (QED) is 0.470. The topological polar surface area (TPSA) is 111 Å². The Labute approximate surface area is 186 Å². The number of carbonyl (C=O) groups is 2. The fourth-order valence-electron chi connectivity index (χ4n) is 3.53. The van der Waals surface area contributed by atoms with Gasteiger partial charge >= 0.3 is 5.97 Å². The first kappa shape index (κ1) is 22.6. The molecule has 0 spiro atoms. The number of amides is 1. The summed E-state index contributed by atoms with van der Waals surface area (Å²) in [6, 6.07) is 15.1. The van der Waals surface area contributed by atoms with E-state index in [1.54, 1.807) is 32.1 Å². The summed E-state index contributed by atoms with van der Waals surface area (Å²) in [7, 11) is 0. The van der Waals surface area contributed by atoms with Crippen molar-refractivity contribution in [1.29, 1.82) is 0 Å². The van der Waals surface area contributed by atoms with Gasteiger partial charge in [-0.25, -0.2) is 5.01 Å². The van der Waals surface area contributed by atoms with Crippen LogP contribution in [0.5, 0.6) is 0 Å². The maximum absolute atomic E-state index is 12.9. The Morgan fingerprint density at radius 1 is 1.12 bits per heavy atom. The van der Waals surface area contributed by atoms with E-state index in [0.29, 0.717) is 23.4 Å². The number of carboxylic acid groups (broad SMARTS) is 1. The third-order valence-corrected chi connectivity index (χ3v) is 4.81. The van der Waals surface area contributed by atoms with E-state index in [2.05, 4.69) is 10.4 Å². The number of carboxylic acids is 1. The van der Waals surface area contributed by atoms with Crippen LogP contribution in [0, 0.1) is 0 Å². The molecule has 0 saturated heterocycles. The smallest absolute Gasteiger partial charge is 0.322 e. The van der Waals surface area contributed by atoms with Gasteiger partial charge in [-0.3, -0.25) is 9.59 Å². The van der Waals surface area contributed by atoms with E-state index in [1.165, 1.54) is 5.01 Å². The molecule has 0 aliphatic carbocycles. The zero-order valence-electron chi connectivity index (χ0n) is 18.1. The molecule has 166 valence electrons. The van der Waals surface area contributed by atoms with Gasteiger partial charge in [-0.15, -0.1) is 5.10 Å². The summed E-state index contributed by atoms with van der Waals surface area (Å²) in [5.41, 5.74) is 3.29. The molecule has 1 aliphatic heterocycles. The van der Waals surface area contributed by atoms with Crippen LogP contribution in [0.25, 0.3) is 22.6 Å². The number of allylic oxidation sites excluding steroid dienone is 1. The Bertz CT molecular complexity index is 1120. The average Bonchev–Trinajstić information content (AvgIpc) is 2.78. The summed E-state index contributed by atoms with van der Waals surface area (Å²) in [6.45, 7) is 5.02. The molecule has 2 aromatic carbocycles. The lowest BCUT2D eigenvalue weighted by Gasteiger charge is -2.32. The van der Waals surface area contributed by atoms with Crippen molar-refractivity contribution >= 4 is 29.2 Å². The largest absolute Gasteiger partial charge is 0.505 e. The van der Waals surface area contributed by atoms with Crippen molar-refractivity contribution < 1.29 is 24.5 Å². The second kappa shape index (κ2) is 9.82. The van der Waals surface area contributed by atoms with Gasteiger partial charge in [-0.2, -0.15) is 0 Å². The lowest BCUT2D eigenvalue weighted by Crippen LogP contribution is -2.38. The number of aliphatic hydroxyl groups is 1. The Morgan fingerprint density at radius 2 is 1.81 bits per heavy atom. The number of benzene rings is 2. The first-order chi connectivity index (χ1) is 15.4. The van der Waals surface area contributed by atoms with Gasteiger partial charge in [0.15, 0.2) is 11.5 Å².